The van der Waals surface area contributed by atoms with E-state index in [2.05, 4.69) is 21.2 Å². The number of rotatable bonds is 6. The highest BCUT2D eigenvalue weighted by Gasteiger charge is 2.11. The van der Waals surface area contributed by atoms with Crippen molar-refractivity contribution < 1.29 is 9.53 Å². The van der Waals surface area contributed by atoms with Crippen LogP contribution in [-0.4, -0.2) is 18.6 Å². The smallest absolute Gasteiger partial charge is 0.258 e. The highest BCUT2D eigenvalue weighted by atomic mass is 79.9. The molecule has 3 N–H and O–H groups in total. The maximum absolute atomic E-state index is 10.9. The van der Waals surface area contributed by atoms with Crippen molar-refractivity contribution in [1.82, 2.24) is 5.32 Å². The van der Waals surface area contributed by atoms with Gasteiger partial charge in [0.05, 0.1) is 0 Å². The van der Waals surface area contributed by atoms with Crippen LogP contribution in [0.1, 0.15) is 19.4 Å². The molecule has 1 amide bonds. The maximum atomic E-state index is 10.9. The summed E-state index contributed by atoms with van der Waals surface area (Å²) in [6, 6.07) is 5.60. The van der Waals surface area contributed by atoms with Crippen LogP contribution in [-0.2, 0) is 11.3 Å². The zero-order valence-corrected chi connectivity index (χ0v) is 11.6. The molecule has 0 fully saturated rings. The van der Waals surface area contributed by atoms with Gasteiger partial charge in [0.15, 0.2) is 6.10 Å². The third kappa shape index (κ3) is 4.36. The Kier molecular flexibility index (Phi) is 5.44. The maximum Gasteiger partial charge on any atom is 0.258 e. The van der Waals surface area contributed by atoms with Crippen LogP contribution in [0.2, 0.25) is 0 Å². The van der Waals surface area contributed by atoms with Crippen molar-refractivity contribution in [3.8, 4) is 5.75 Å². The van der Waals surface area contributed by atoms with E-state index in [1.54, 1.807) is 13.0 Å². The Morgan fingerprint density at radius 1 is 1.59 bits per heavy atom. The molecule has 1 rings (SSSR count). The molecule has 0 aliphatic heterocycles. The van der Waals surface area contributed by atoms with Crippen molar-refractivity contribution in [2.45, 2.75) is 26.5 Å². The van der Waals surface area contributed by atoms with E-state index in [0.717, 1.165) is 23.1 Å². The van der Waals surface area contributed by atoms with Gasteiger partial charge in [0, 0.05) is 11.0 Å². The molecule has 1 aromatic carbocycles. The molecular formula is C12H17BrN2O2. The molecule has 0 aliphatic rings. The fourth-order valence-electron chi connectivity index (χ4n) is 1.28. The fraction of sp³-hybridized carbons (Fsp3) is 0.417. The van der Waals surface area contributed by atoms with Gasteiger partial charge in [-0.25, -0.2) is 0 Å². The van der Waals surface area contributed by atoms with Crippen molar-refractivity contribution in [1.29, 1.82) is 0 Å². The molecule has 0 aromatic heterocycles. The molecule has 4 nitrogen and oxygen atoms in total. The van der Waals surface area contributed by atoms with Crippen molar-refractivity contribution >= 4 is 21.8 Å². The van der Waals surface area contributed by atoms with Crippen LogP contribution in [0.3, 0.4) is 0 Å². The van der Waals surface area contributed by atoms with Gasteiger partial charge in [0.1, 0.15) is 5.75 Å². The quantitative estimate of drug-likeness (QED) is 0.842. The largest absolute Gasteiger partial charge is 0.481 e. The van der Waals surface area contributed by atoms with Crippen molar-refractivity contribution in [3.63, 3.8) is 0 Å². The molecule has 0 saturated carbocycles. The molecule has 1 atom stereocenters. The fourth-order valence-corrected chi connectivity index (χ4v) is 1.67. The lowest BCUT2D eigenvalue weighted by atomic mass is 10.2. The number of nitrogens with two attached hydrogens (primary N) is 1. The number of hydrogen-bond acceptors (Lipinski definition) is 3. The summed E-state index contributed by atoms with van der Waals surface area (Å²) >= 11 is 3.47. The molecule has 0 heterocycles. The molecule has 1 unspecified atom stereocenters. The first kappa shape index (κ1) is 14.0. The third-order valence-corrected chi connectivity index (χ3v) is 3.07. The number of ether oxygens (including phenoxy) is 1. The van der Waals surface area contributed by atoms with Gasteiger partial charge in [0.2, 0.25) is 0 Å². The van der Waals surface area contributed by atoms with Gasteiger partial charge < -0.3 is 15.8 Å². The Morgan fingerprint density at radius 3 is 2.88 bits per heavy atom. The normalized spacial score (nSPS) is 12.2. The Morgan fingerprint density at radius 2 is 2.29 bits per heavy atom. The number of halogens is 1. The number of carbonyl (C=O) groups is 1. The van der Waals surface area contributed by atoms with Gasteiger partial charge >= 0.3 is 0 Å². The van der Waals surface area contributed by atoms with Crippen LogP contribution in [0, 0.1) is 0 Å². The first-order chi connectivity index (χ1) is 8.04. The molecule has 0 aliphatic carbocycles. The number of nitrogens with one attached hydrogen (secondary N) is 1. The molecule has 0 bridgehead atoms. The average molecular weight is 301 g/mol. The van der Waals surface area contributed by atoms with Gasteiger partial charge in [-0.15, -0.1) is 0 Å². The highest BCUT2D eigenvalue weighted by molar-refractivity contribution is 9.10. The zero-order valence-electron chi connectivity index (χ0n) is 10.00. The lowest BCUT2D eigenvalue weighted by molar-refractivity contribution is -0.123. The third-order valence-electron chi connectivity index (χ3n) is 2.30. The van der Waals surface area contributed by atoms with E-state index >= 15 is 0 Å². The second kappa shape index (κ2) is 6.61. The van der Waals surface area contributed by atoms with Gasteiger partial charge in [-0.2, -0.15) is 0 Å². The van der Waals surface area contributed by atoms with E-state index in [9.17, 15) is 4.79 Å². The number of carbonyl (C=O) groups excluding carboxylic acids is 1. The lowest BCUT2D eigenvalue weighted by Crippen LogP contribution is -2.30. The van der Waals surface area contributed by atoms with Crippen LogP contribution in [0.15, 0.2) is 22.7 Å². The van der Waals surface area contributed by atoms with Crippen LogP contribution in [0.4, 0.5) is 0 Å². The van der Waals surface area contributed by atoms with Gasteiger partial charge in [0.25, 0.3) is 5.91 Å². The standard InChI is InChI=1S/C12H17BrN2O2/c1-3-15-7-9-6-10(4-5-11(9)13)17-8(2)12(14)16/h4-6,8,15H,3,7H2,1-2H3,(H2,14,16). The summed E-state index contributed by atoms with van der Waals surface area (Å²) in [5, 5.41) is 3.23. The minimum Gasteiger partial charge on any atom is -0.481 e. The summed E-state index contributed by atoms with van der Waals surface area (Å²) in [5.41, 5.74) is 6.23. The Bertz CT molecular complexity index is 396. The minimum atomic E-state index is -0.622. The molecule has 94 valence electrons. The number of amides is 1. The molecule has 1 aromatic rings. The summed E-state index contributed by atoms with van der Waals surface area (Å²) < 4.78 is 6.44. The second-order valence-electron chi connectivity index (χ2n) is 3.70. The monoisotopic (exact) mass is 300 g/mol. The van der Waals surface area contributed by atoms with Gasteiger partial charge in [-0.1, -0.05) is 22.9 Å². The molecule has 0 saturated heterocycles. The van der Waals surface area contributed by atoms with Crippen LogP contribution >= 0.6 is 15.9 Å². The first-order valence-electron chi connectivity index (χ1n) is 5.49. The van der Waals surface area contributed by atoms with Crippen molar-refractivity contribution in [2.24, 2.45) is 5.73 Å². The van der Waals surface area contributed by atoms with E-state index in [0.29, 0.717) is 5.75 Å². The van der Waals surface area contributed by atoms with E-state index < -0.39 is 12.0 Å². The minimum absolute atomic E-state index is 0.471. The second-order valence-corrected chi connectivity index (χ2v) is 4.55. The number of benzene rings is 1. The molecule has 5 heteroatoms. The Balaban J connectivity index is 2.77. The lowest BCUT2D eigenvalue weighted by Gasteiger charge is -2.13. The number of hydrogen-bond donors (Lipinski definition) is 2. The summed E-state index contributed by atoms with van der Waals surface area (Å²) in [6.45, 7) is 5.33. The first-order valence-corrected chi connectivity index (χ1v) is 6.29. The summed E-state index contributed by atoms with van der Waals surface area (Å²) in [7, 11) is 0. The van der Waals surface area contributed by atoms with Crippen LogP contribution in [0.25, 0.3) is 0 Å². The van der Waals surface area contributed by atoms with E-state index in [4.69, 9.17) is 10.5 Å². The zero-order chi connectivity index (χ0) is 12.8. The Hall–Kier alpha value is -1.07. The van der Waals surface area contributed by atoms with Gasteiger partial charge in [-0.3, -0.25) is 4.79 Å². The van der Waals surface area contributed by atoms with Gasteiger partial charge in [-0.05, 0) is 37.2 Å². The van der Waals surface area contributed by atoms with Crippen LogP contribution in [0.5, 0.6) is 5.75 Å². The Labute approximate surface area is 110 Å². The molecule has 0 spiro atoms. The topological polar surface area (TPSA) is 64.3 Å². The van der Waals surface area contributed by atoms with Crippen LogP contribution < -0.4 is 15.8 Å². The molecular weight excluding hydrogens is 284 g/mol. The van der Waals surface area contributed by atoms with E-state index in [-0.39, 0.29) is 0 Å². The predicted octanol–water partition coefficient (Wildman–Crippen LogP) is 1.81. The number of primary amides is 1. The van der Waals surface area contributed by atoms with Crippen molar-refractivity contribution in [3.05, 3.63) is 28.2 Å². The highest BCUT2D eigenvalue weighted by Crippen LogP contribution is 2.23. The van der Waals surface area contributed by atoms with E-state index in [1.807, 2.05) is 19.1 Å². The molecule has 0 radical (unpaired) electrons. The predicted molar refractivity (Wildman–Crippen MR) is 70.8 cm³/mol. The summed E-state index contributed by atoms with van der Waals surface area (Å²) in [5.74, 6) is 0.175. The summed E-state index contributed by atoms with van der Waals surface area (Å²) in [4.78, 5) is 10.9. The summed E-state index contributed by atoms with van der Waals surface area (Å²) in [6.07, 6.45) is -0.622. The molecule has 17 heavy (non-hydrogen) atoms. The average Bonchev–Trinajstić information content (AvgIpc) is 2.29. The SMILES string of the molecule is CCNCc1cc(OC(C)C(N)=O)ccc1Br. The van der Waals surface area contributed by atoms with E-state index in [1.165, 1.54) is 0 Å². The van der Waals surface area contributed by atoms with Crippen molar-refractivity contribution in [2.75, 3.05) is 6.54 Å².